The van der Waals surface area contributed by atoms with Crippen molar-refractivity contribution >= 4 is 33.0 Å². The number of rotatable bonds is 0. The fraction of sp³-hybridized carbons (Fsp3) is 0.235. The van der Waals surface area contributed by atoms with Crippen molar-refractivity contribution in [1.82, 2.24) is 0 Å². The Hall–Kier alpha value is -1.81. The molecule has 0 saturated heterocycles. The van der Waals surface area contributed by atoms with Crippen molar-refractivity contribution in [2.45, 2.75) is 19.8 Å². The predicted molar refractivity (Wildman–Crippen MR) is 90.4 cm³/mol. The molecular weight excluding hydrogens is 328 g/mol. The van der Waals surface area contributed by atoms with Crippen LogP contribution in [0.1, 0.15) is 24.5 Å². The third kappa shape index (κ3) is 3.27. The molecule has 2 aromatic rings. The lowest BCUT2D eigenvalue weighted by Gasteiger charge is -2.14. The Morgan fingerprint density at radius 2 is 2.00 bits per heavy atom. The number of para-hydroxylation sites is 1. The molecule has 4 heteroatoms. The molecule has 0 aliphatic carbocycles. The van der Waals surface area contributed by atoms with Gasteiger partial charge >= 0.3 is 0 Å². The van der Waals surface area contributed by atoms with Gasteiger partial charge in [-0.2, -0.15) is 0 Å². The van der Waals surface area contributed by atoms with Crippen LogP contribution in [0.3, 0.4) is 0 Å². The summed E-state index contributed by atoms with van der Waals surface area (Å²) in [6, 6.07) is 14.5. The van der Waals surface area contributed by atoms with Crippen molar-refractivity contribution in [2.75, 3.05) is 11.9 Å². The number of hydrogen-bond acceptors (Lipinski definition) is 3. The third-order valence-electron chi connectivity index (χ3n) is 3.54. The molecule has 0 fully saturated rings. The molecule has 3 rings (SSSR count). The molecule has 0 spiro atoms. The standard InChI is InChI=1S/C17H17BrN2O/c1-12-15-9-8-14(18)11-17(15)19-16-7-3-2-5-13(16)6-4-10-21-20-12/h2-3,5,7-9,11,19H,4,6,10H2,1H3/b20-12+. The van der Waals surface area contributed by atoms with Gasteiger partial charge in [0.2, 0.25) is 0 Å². The Bertz CT molecular complexity index is 682. The Kier molecular flexibility index (Phi) is 4.25. The van der Waals surface area contributed by atoms with Crippen LogP contribution in [0, 0.1) is 0 Å². The second-order valence-corrected chi connectivity index (χ2v) is 6.00. The molecule has 0 atom stereocenters. The molecule has 1 heterocycles. The third-order valence-corrected chi connectivity index (χ3v) is 4.03. The van der Waals surface area contributed by atoms with Crippen LogP contribution in [0.4, 0.5) is 11.4 Å². The summed E-state index contributed by atoms with van der Waals surface area (Å²) in [5, 5.41) is 7.77. The minimum atomic E-state index is 0.636. The fourth-order valence-corrected chi connectivity index (χ4v) is 2.82. The van der Waals surface area contributed by atoms with E-state index in [1.54, 1.807) is 0 Å². The Balaban J connectivity index is 2.10. The first-order valence-electron chi connectivity index (χ1n) is 7.05. The smallest absolute Gasteiger partial charge is 0.117 e. The number of fused-ring (bicyclic) bond motifs is 2. The van der Waals surface area contributed by atoms with Crippen LogP contribution in [0.2, 0.25) is 0 Å². The van der Waals surface area contributed by atoms with E-state index in [4.69, 9.17) is 4.84 Å². The van der Waals surface area contributed by atoms with E-state index in [0.29, 0.717) is 6.61 Å². The van der Waals surface area contributed by atoms with E-state index in [0.717, 1.165) is 40.0 Å². The number of benzene rings is 2. The average molecular weight is 345 g/mol. The zero-order chi connectivity index (χ0) is 14.7. The van der Waals surface area contributed by atoms with Crippen LogP contribution < -0.4 is 5.32 Å². The summed E-state index contributed by atoms with van der Waals surface area (Å²) in [6.07, 6.45) is 1.93. The van der Waals surface area contributed by atoms with Gasteiger partial charge in [0.15, 0.2) is 0 Å². The number of hydrogen-bond donors (Lipinski definition) is 1. The van der Waals surface area contributed by atoms with Crippen LogP contribution in [-0.2, 0) is 11.3 Å². The Labute approximate surface area is 133 Å². The second-order valence-electron chi connectivity index (χ2n) is 5.09. The maximum absolute atomic E-state index is 5.43. The molecule has 1 aliphatic rings. The lowest BCUT2D eigenvalue weighted by Crippen LogP contribution is -2.03. The van der Waals surface area contributed by atoms with E-state index in [1.807, 2.05) is 13.0 Å². The first kappa shape index (κ1) is 14.1. The van der Waals surface area contributed by atoms with Crippen molar-refractivity contribution < 1.29 is 4.84 Å². The maximum atomic E-state index is 5.43. The van der Waals surface area contributed by atoms with Gasteiger partial charge in [0.1, 0.15) is 6.61 Å². The molecule has 0 bridgehead atoms. The minimum absolute atomic E-state index is 0.636. The van der Waals surface area contributed by atoms with Gasteiger partial charge in [-0.1, -0.05) is 39.3 Å². The van der Waals surface area contributed by atoms with Crippen LogP contribution in [0.15, 0.2) is 52.1 Å². The average Bonchev–Trinajstić information content (AvgIpc) is 2.50. The van der Waals surface area contributed by atoms with Crippen LogP contribution in [-0.4, -0.2) is 12.3 Å². The van der Waals surface area contributed by atoms with Crippen molar-refractivity contribution in [3.8, 4) is 0 Å². The zero-order valence-corrected chi connectivity index (χ0v) is 13.5. The summed E-state index contributed by atoms with van der Waals surface area (Å²) in [5.41, 5.74) is 5.40. The molecule has 0 amide bonds. The molecule has 21 heavy (non-hydrogen) atoms. The summed E-state index contributed by atoms with van der Waals surface area (Å²) in [4.78, 5) is 5.43. The fourth-order valence-electron chi connectivity index (χ4n) is 2.46. The number of nitrogens with one attached hydrogen (secondary N) is 1. The van der Waals surface area contributed by atoms with Crippen molar-refractivity contribution in [3.05, 3.63) is 58.1 Å². The van der Waals surface area contributed by atoms with Crippen LogP contribution in [0.5, 0.6) is 0 Å². The van der Waals surface area contributed by atoms with Crippen molar-refractivity contribution in [2.24, 2.45) is 5.16 Å². The summed E-state index contributed by atoms with van der Waals surface area (Å²) in [6.45, 7) is 2.61. The van der Waals surface area contributed by atoms with E-state index in [1.165, 1.54) is 5.56 Å². The van der Waals surface area contributed by atoms with E-state index >= 15 is 0 Å². The number of halogens is 1. The molecule has 0 saturated carbocycles. The molecule has 0 radical (unpaired) electrons. The number of nitrogens with zero attached hydrogens (tertiary/aromatic N) is 1. The number of aryl methyl sites for hydroxylation is 1. The lowest BCUT2D eigenvalue weighted by atomic mass is 10.1. The quantitative estimate of drug-likeness (QED) is 0.738. The van der Waals surface area contributed by atoms with E-state index in [9.17, 15) is 0 Å². The van der Waals surface area contributed by atoms with Gasteiger partial charge in [-0.25, -0.2) is 0 Å². The highest BCUT2D eigenvalue weighted by Crippen LogP contribution is 2.28. The van der Waals surface area contributed by atoms with Gasteiger partial charge in [0, 0.05) is 21.4 Å². The second kappa shape index (κ2) is 6.31. The van der Waals surface area contributed by atoms with E-state index in [-0.39, 0.29) is 0 Å². The Morgan fingerprint density at radius 1 is 1.14 bits per heavy atom. The van der Waals surface area contributed by atoms with Crippen LogP contribution in [0.25, 0.3) is 0 Å². The Morgan fingerprint density at radius 3 is 2.90 bits per heavy atom. The first-order valence-corrected chi connectivity index (χ1v) is 7.85. The minimum Gasteiger partial charge on any atom is -0.396 e. The topological polar surface area (TPSA) is 33.6 Å². The van der Waals surface area contributed by atoms with E-state index < -0.39 is 0 Å². The molecule has 3 nitrogen and oxygen atoms in total. The molecular formula is C17H17BrN2O. The summed E-state index contributed by atoms with van der Waals surface area (Å²) >= 11 is 3.53. The highest BCUT2D eigenvalue weighted by Gasteiger charge is 2.11. The largest absolute Gasteiger partial charge is 0.396 e. The lowest BCUT2D eigenvalue weighted by molar-refractivity contribution is 0.142. The van der Waals surface area contributed by atoms with Gasteiger partial charge in [0.25, 0.3) is 0 Å². The predicted octanol–water partition coefficient (Wildman–Crippen LogP) is 4.88. The van der Waals surface area contributed by atoms with Crippen LogP contribution >= 0.6 is 15.9 Å². The maximum Gasteiger partial charge on any atom is 0.117 e. The number of oxime groups is 1. The summed E-state index contributed by atoms with van der Waals surface area (Å²) in [5.74, 6) is 0. The van der Waals surface area contributed by atoms with Crippen molar-refractivity contribution in [3.63, 3.8) is 0 Å². The van der Waals surface area contributed by atoms with Crippen molar-refractivity contribution in [1.29, 1.82) is 0 Å². The zero-order valence-electron chi connectivity index (χ0n) is 11.9. The highest BCUT2D eigenvalue weighted by atomic mass is 79.9. The molecule has 1 aliphatic heterocycles. The first-order chi connectivity index (χ1) is 10.2. The van der Waals surface area contributed by atoms with Gasteiger partial charge in [0.05, 0.1) is 5.71 Å². The molecule has 0 unspecified atom stereocenters. The molecule has 108 valence electrons. The molecule has 1 N–H and O–H groups in total. The SMILES string of the molecule is C/C1=N\OCCCc2ccccc2Nc2cc(Br)ccc21. The molecule has 2 aromatic carbocycles. The summed E-state index contributed by atoms with van der Waals surface area (Å²) < 4.78 is 1.04. The summed E-state index contributed by atoms with van der Waals surface area (Å²) in [7, 11) is 0. The molecule has 0 aromatic heterocycles. The van der Waals surface area contributed by atoms with Gasteiger partial charge < -0.3 is 10.2 Å². The highest BCUT2D eigenvalue weighted by molar-refractivity contribution is 9.10. The normalized spacial score (nSPS) is 17.1. The van der Waals surface area contributed by atoms with Gasteiger partial charge in [-0.3, -0.25) is 0 Å². The van der Waals surface area contributed by atoms with Gasteiger partial charge in [-0.05, 0) is 49.6 Å². The van der Waals surface area contributed by atoms with E-state index in [2.05, 4.69) is 62.8 Å². The monoisotopic (exact) mass is 344 g/mol. The number of anilines is 2. The van der Waals surface area contributed by atoms with Gasteiger partial charge in [-0.15, -0.1) is 0 Å².